The van der Waals surface area contributed by atoms with Crippen LogP contribution in [-0.2, 0) is 25.5 Å². The Hall–Kier alpha value is -1.92. The van der Waals surface area contributed by atoms with Gasteiger partial charge in [0.15, 0.2) is 0 Å². The van der Waals surface area contributed by atoms with Crippen LogP contribution in [0.25, 0.3) is 0 Å². The quantitative estimate of drug-likeness (QED) is 0.818. The summed E-state index contributed by atoms with van der Waals surface area (Å²) < 4.78 is 11.4. The third-order valence-corrected chi connectivity index (χ3v) is 4.61. The molecule has 2 fully saturated rings. The van der Waals surface area contributed by atoms with Gasteiger partial charge in [-0.3, -0.25) is 9.59 Å². The van der Waals surface area contributed by atoms with E-state index in [-0.39, 0.29) is 18.4 Å². The fraction of sp³-hybridized carbons (Fsp3) is 0.556. The van der Waals surface area contributed by atoms with Crippen molar-refractivity contribution in [3.05, 3.63) is 35.9 Å². The van der Waals surface area contributed by atoms with Crippen molar-refractivity contribution in [3.8, 4) is 0 Å². The number of nitrogens with zero attached hydrogens (tertiary/aromatic N) is 2. The number of hydrogen-bond donors (Lipinski definition) is 0. The second-order valence-corrected chi connectivity index (χ2v) is 6.57. The lowest BCUT2D eigenvalue weighted by Crippen LogP contribution is -2.59. The van der Waals surface area contributed by atoms with Gasteiger partial charge < -0.3 is 19.3 Å². The van der Waals surface area contributed by atoms with Crippen molar-refractivity contribution in [2.24, 2.45) is 0 Å². The van der Waals surface area contributed by atoms with Crippen LogP contribution in [0.5, 0.6) is 0 Å². The monoisotopic (exact) mass is 332 g/mol. The predicted octanol–water partition coefficient (Wildman–Crippen LogP) is 0.705. The summed E-state index contributed by atoms with van der Waals surface area (Å²) in [4.78, 5) is 27.8. The molecule has 2 amide bonds. The highest BCUT2D eigenvalue weighted by Gasteiger charge is 2.42. The van der Waals surface area contributed by atoms with Gasteiger partial charge >= 0.3 is 0 Å². The maximum Gasteiger partial charge on any atom is 0.248 e. The minimum absolute atomic E-state index is 0.0528. The van der Waals surface area contributed by atoms with Crippen molar-refractivity contribution in [1.29, 1.82) is 0 Å². The van der Waals surface area contributed by atoms with Crippen molar-refractivity contribution in [1.82, 2.24) is 9.80 Å². The Morgan fingerprint density at radius 1 is 1.25 bits per heavy atom. The van der Waals surface area contributed by atoms with Gasteiger partial charge in [-0.25, -0.2) is 0 Å². The molecule has 2 aliphatic rings. The van der Waals surface area contributed by atoms with Gasteiger partial charge in [-0.1, -0.05) is 30.3 Å². The maximum atomic E-state index is 12.6. The topological polar surface area (TPSA) is 59.1 Å². The summed E-state index contributed by atoms with van der Waals surface area (Å²) in [6.07, 6.45) is 1.22. The van der Waals surface area contributed by atoms with Gasteiger partial charge in [-0.05, 0) is 12.0 Å². The third-order valence-electron chi connectivity index (χ3n) is 4.61. The molecule has 130 valence electrons. The van der Waals surface area contributed by atoms with Gasteiger partial charge in [-0.2, -0.15) is 0 Å². The molecule has 1 aromatic rings. The molecule has 2 saturated heterocycles. The Balaban J connectivity index is 1.60. The average Bonchev–Trinajstić information content (AvgIpc) is 2.72. The van der Waals surface area contributed by atoms with Crippen LogP contribution in [0.15, 0.2) is 30.3 Å². The second-order valence-electron chi connectivity index (χ2n) is 6.57. The van der Waals surface area contributed by atoms with E-state index in [0.29, 0.717) is 39.3 Å². The van der Waals surface area contributed by atoms with Crippen LogP contribution >= 0.6 is 0 Å². The molecule has 2 aliphatic heterocycles. The molecule has 1 aromatic carbocycles. The van der Waals surface area contributed by atoms with Crippen LogP contribution in [0.2, 0.25) is 0 Å². The lowest BCUT2D eigenvalue weighted by molar-refractivity contribution is -0.161. The first kappa shape index (κ1) is 16.9. The predicted molar refractivity (Wildman–Crippen MR) is 88.5 cm³/mol. The molecule has 0 N–H and O–H groups in total. The summed E-state index contributed by atoms with van der Waals surface area (Å²) in [5.41, 5.74) is 0.554. The number of aryl methyl sites for hydroxylation is 1. The second kappa shape index (κ2) is 7.32. The fourth-order valence-electron chi connectivity index (χ4n) is 3.30. The zero-order valence-corrected chi connectivity index (χ0v) is 14.1. The number of hydrogen-bond acceptors (Lipinski definition) is 4. The minimum atomic E-state index is -0.610. The SMILES string of the molecule is CN1CC2(COCC1=O)CN(C(=O)CCc1ccccc1)CCO2. The average molecular weight is 332 g/mol. The van der Waals surface area contributed by atoms with E-state index in [1.165, 1.54) is 0 Å². The molecule has 24 heavy (non-hydrogen) atoms. The Bertz CT molecular complexity index is 592. The van der Waals surface area contributed by atoms with E-state index in [4.69, 9.17) is 9.47 Å². The Labute approximate surface area is 142 Å². The maximum absolute atomic E-state index is 12.6. The molecule has 1 unspecified atom stereocenters. The number of amides is 2. The van der Waals surface area contributed by atoms with Gasteiger partial charge in [0.2, 0.25) is 11.8 Å². The van der Waals surface area contributed by atoms with E-state index in [9.17, 15) is 9.59 Å². The molecule has 0 radical (unpaired) electrons. The molecule has 0 saturated carbocycles. The van der Waals surface area contributed by atoms with Crippen LogP contribution in [0.3, 0.4) is 0 Å². The fourth-order valence-corrected chi connectivity index (χ4v) is 3.30. The zero-order chi connectivity index (χ0) is 17.0. The van der Waals surface area contributed by atoms with Gasteiger partial charge in [0.25, 0.3) is 0 Å². The highest BCUT2D eigenvalue weighted by atomic mass is 16.5. The van der Waals surface area contributed by atoms with Crippen LogP contribution in [0.1, 0.15) is 12.0 Å². The third kappa shape index (κ3) is 3.94. The van der Waals surface area contributed by atoms with E-state index in [0.717, 1.165) is 12.0 Å². The summed E-state index contributed by atoms with van der Waals surface area (Å²) >= 11 is 0. The molecule has 3 rings (SSSR count). The van der Waals surface area contributed by atoms with Gasteiger partial charge in [0.05, 0.1) is 26.3 Å². The first-order chi connectivity index (χ1) is 11.6. The van der Waals surface area contributed by atoms with Crippen LogP contribution in [0, 0.1) is 0 Å². The van der Waals surface area contributed by atoms with Crippen molar-refractivity contribution < 1.29 is 19.1 Å². The molecular weight excluding hydrogens is 308 g/mol. The number of benzene rings is 1. The molecule has 1 spiro atoms. The standard InChI is InChI=1S/C18H24N2O4/c1-19-12-18(14-23-11-17(19)22)13-20(9-10-24-18)16(21)8-7-15-5-3-2-4-6-15/h2-6H,7-14H2,1H3. The molecule has 0 bridgehead atoms. The van der Waals surface area contributed by atoms with E-state index in [1.807, 2.05) is 35.2 Å². The van der Waals surface area contributed by atoms with Crippen molar-refractivity contribution in [2.75, 3.05) is 46.5 Å². The Morgan fingerprint density at radius 2 is 2.04 bits per heavy atom. The lowest BCUT2D eigenvalue weighted by Gasteiger charge is -2.42. The summed E-state index contributed by atoms with van der Waals surface area (Å²) in [6, 6.07) is 10.0. The van der Waals surface area contributed by atoms with E-state index < -0.39 is 5.60 Å². The summed E-state index contributed by atoms with van der Waals surface area (Å²) in [5, 5.41) is 0. The summed E-state index contributed by atoms with van der Waals surface area (Å²) in [5.74, 6) is 0.0720. The normalized spacial score (nSPS) is 25.0. The van der Waals surface area contributed by atoms with E-state index in [1.54, 1.807) is 11.9 Å². The summed E-state index contributed by atoms with van der Waals surface area (Å²) in [7, 11) is 1.75. The number of carbonyl (C=O) groups is 2. The largest absolute Gasteiger partial charge is 0.368 e. The number of likely N-dealkylation sites (N-methyl/N-ethyl adjacent to an activating group) is 1. The smallest absolute Gasteiger partial charge is 0.248 e. The highest BCUT2D eigenvalue weighted by molar-refractivity contribution is 5.78. The van der Waals surface area contributed by atoms with Crippen molar-refractivity contribution in [3.63, 3.8) is 0 Å². The van der Waals surface area contributed by atoms with E-state index >= 15 is 0 Å². The van der Waals surface area contributed by atoms with Crippen molar-refractivity contribution in [2.45, 2.75) is 18.4 Å². The first-order valence-electron chi connectivity index (χ1n) is 8.35. The molecule has 2 heterocycles. The lowest BCUT2D eigenvalue weighted by atomic mass is 10.0. The van der Waals surface area contributed by atoms with Crippen molar-refractivity contribution >= 4 is 11.8 Å². The number of ether oxygens (including phenoxy) is 2. The van der Waals surface area contributed by atoms with Crippen LogP contribution in [-0.4, -0.2) is 73.7 Å². The summed E-state index contributed by atoms with van der Waals surface area (Å²) in [6.45, 7) is 2.40. The Morgan fingerprint density at radius 3 is 2.83 bits per heavy atom. The molecule has 1 atom stereocenters. The number of carbonyl (C=O) groups excluding carboxylic acids is 2. The number of rotatable bonds is 3. The Kier molecular flexibility index (Phi) is 5.16. The minimum Gasteiger partial charge on any atom is -0.368 e. The van der Waals surface area contributed by atoms with Crippen LogP contribution < -0.4 is 0 Å². The van der Waals surface area contributed by atoms with Crippen LogP contribution in [0.4, 0.5) is 0 Å². The molecule has 0 aliphatic carbocycles. The van der Waals surface area contributed by atoms with Gasteiger partial charge in [-0.15, -0.1) is 0 Å². The van der Waals surface area contributed by atoms with Gasteiger partial charge in [0, 0.05) is 20.0 Å². The van der Waals surface area contributed by atoms with Gasteiger partial charge in [0.1, 0.15) is 12.2 Å². The molecule has 6 nitrogen and oxygen atoms in total. The van der Waals surface area contributed by atoms with E-state index in [2.05, 4.69) is 0 Å². The number of morpholine rings is 1. The zero-order valence-electron chi connectivity index (χ0n) is 14.1. The first-order valence-corrected chi connectivity index (χ1v) is 8.35. The molecule has 6 heteroatoms. The molecule has 0 aromatic heterocycles. The highest BCUT2D eigenvalue weighted by Crippen LogP contribution is 2.23. The molecular formula is C18H24N2O4.